The number of benzene rings is 2. The Kier molecular flexibility index (Phi) is 7.61. The number of halogens is 1. The van der Waals surface area contributed by atoms with Gasteiger partial charge in [0.25, 0.3) is 11.8 Å². The molecule has 1 aliphatic heterocycles. The van der Waals surface area contributed by atoms with Crippen molar-refractivity contribution in [2.75, 3.05) is 37.8 Å². The van der Waals surface area contributed by atoms with E-state index in [-0.39, 0.29) is 51.9 Å². The monoisotopic (exact) mass is 629 g/mol. The number of amides is 3. The summed E-state index contributed by atoms with van der Waals surface area (Å²) in [6.07, 6.45) is 3.13. The molecule has 0 radical (unpaired) electrons. The predicted molar refractivity (Wildman–Crippen MR) is 170 cm³/mol. The van der Waals surface area contributed by atoms with Crippen LogP contribution in [0.2, 0.25) is 0 Å². The lowest BCUT2D eigenvalue weighted by atomic mass is 9.89. The van der Waals surface area contributed by atoms with Crippen molar-refractivity contribution in [3.05, 3.63) is 77.4 Å². The fourth-order valence-electron chi connectivity index (χ4n) is 5.69. The Morgan fingerprint density at radius 1 is 1.00 bits per heavy atom. The van der Waals surface area contributed by atoms with Crippen LogP contribution in [0.5, 0.6) is 5.75 Å². The van der Waals surface area contributed by atoms with Crippen molar-refractivity contribution < 1.29 is 27.6 Å². The van der Waals surface area contributed by atoms with Gasteiger partial charge in [-0.05, 0) is 49.3 Å². The first kappa shape index (κ1) is 27.0. The molecule has 2 aromatic heterocycles. The molecule has 46 heavy (non-hydrogen) atoms. The summed E-state index contributed by atoms with van der Waals surface area (Å²) in [5.74, 6) is -1.91. The largest absolute Gasteiger partial charge is 0.494 e. The zero-order chi connectivity index (χ0) is 34.9. The summed E-state index contributed by atoms with van der Waals surface area (Å²) in [6.45, 7) is -1.67. The van der Waals surface area contributed by atoms with Crippen molar-refractivity contribution in [1.82, 2.24) is 30.2 Å². The highest BCUT2D eigenvalue weighted by Gasteiger charge is 2.31. The number of likely N-dealkylation sites (tertiary alicyclic amines) is 1. The van der Waals surface area contributed by atoms with E-state index in [1.165, 1.54) is 29.5 Å². The van der Waals surface area contributed by atoms with Gasteiger partial charge in [0.1, 0.15) is 11.5 Å². The minimum atomic E-state index is -2.83. The maximum Gasteiger partial charge on any atom is 0.273 e. The number of anilines is 3. The predicted octanol–water partition coefficient (Wildman–Crippen LogP) is 4.50. The molecule has 3 amide bonds. The maximum atomic E-state index is 15.3. The molecule has 3 N–H and O–H groups in total. The van der Waals surface area contributed by atoms with Gasteiger partial charge in [-0.3, -0.25) is 19.1 Å². The Balaban J connectivity index is 1.28. The van der Waals surface area contributed by atoms with Gasteiger partial charge in [-0.2, -0.15) is 5.10 Å². The van der Waals surface area contributed by atoms with Crippen molar-refractivity contribution in [1.29, 1.82) is 0 Å². The van der Waals surface area contributed by atoms with E-state index in [1.54, 1.807) is 18.0 Å². The minimum Gasteiger partial charge on any atom is -0.494 e. The second-order valence-corrected chi connectivity index (χ2v) is 11.4. The Labute approximate surface area is 269 Å². The van der Waals surface area contributed by atoms with Crippen LogP contribution >= 0.6 is 0 Å². The van der Waals surface area contributed by atoms with Crippen LogP contribution in [0.15, 0.2) is 54.6 Å². The van der Waals surface area contributed by atoms with Crippen LogP contribution in [-0.2, 0) is 11.8 Å². The van der Waals surface area contributed by atoms with Crippen molar-refractivity contribution in [3.8, 4) is 17.0 Å². The van der Waals surface area contributed by atoms with Crippen molar-refractivity contribution in [3.63, 3.8) is 0 Å². The Morgan fingerprint density at radius 3 is 2.46 bits per heavy atom. The summed E-state index contributed by atoms with van der Waals surface area (Å²) in [4.78, 5) is 40.7. The normalized spacial score (nSPS) is 16.2. The van der Waals surface area contributed by atoms with Crippen LogP contribution in [-0.4, -0.2) is 69.8 Å². The van der Waals surface area contributed by atoms with E-state index in [9.17, 15) is 14.4 Å². The molecule has 6 rings (SSSR count). The van der Waals surface area contributed by atoms with Crippen LogP contribution in [0.3, 0.4) is 0 Å². The third kappa shape index (κ3) is 6.39. The first-order chi connectivity index (χ1) is 23.4. The molecular weight excluding hydrogens is 591 g/mol. The number of nitrogens with zero attached hydrogens (tertiary/aromatic N) is 5. The lowest BCUT2D eigenvalue weighted by molar-refractivity contribution is -0.117. The molecule has 0 spiro atoms. The molecule has 2 fully saturated rings. The third-order valence-electron chi connectivity index (χ3n) is 8.28. The van der Waals surface area contributed by atoms with Gasteiger partial charge in [0, 0.05) is 54.8 Å². The number of carbonyl (C=O) groups is 3. The average Bonchev–Trinajstić information content (AvgIpc) is 3.85. The summed E-state index contributed by atoms with van der Waals surface area (Å²) >= 11 is 0. The fourth-order valence-corrected chi connectivity index (χ4v) is 5.69. The molecule has 4 aromatic rings. The quantitative estimate of drug-likeness (QED) is 0.246. The lowest BCUT2D eigenvalue weighted by Crippen LogP contribution is -2.38. The number of hydrogen-bond donors (Lipinski definition) is 3. The maximum absolute atomic E-state index is 15.3. The minimum absolute atomic E-state index is 0.00103. The molecule has 1 saturated heterocycles. The van der Waals surface area contributed by atoms with Crippen molar-refractivity contribution in [2.45, 2.75) is 31.6 Å². The third-order valence-corrected chi connectivity index (χ3v) is 8.28. The number of hydrogen-bond acceptors (Lipinski definition) is 8. The smallest absolute Gasteiger partial charge is 0.273 e. The van der Waals surface area contributed by atoms with E-state index < -0.39 is 24.4 Å². The van der Waals surface area contributed by atoms with Crippen molar-refractivity contribution >= 4 is 34.9 Å². The van der Waals surface area contributed by atoms with E-state index in [0.29, 0.717) is 24.7 Å². The van der Waals surface area contributed by atoms with Crippen LogP contribution < -0.4 is 20.7 Å². The van der Waals surface area contributed by atoms with E-state index >= 15 is 4.39 Å². The zero-order valence-corrected chi connectivity index (χ0v) is 25.3. The van der Waals surface area contributed by atoms with Gasteiger partial charge in [0.05, 0.1) is 24.2 Å². The van der Waals surface area contributed by atoms with Gasteiger partial charge < -0.3 is 25.6 Å². The number of nitrogens with one attached hydrogen (secondary N) is 3. The first-order valence-corrected chi connectivity index (χ1v) is 14.9. The number of carbonyl (C=O) groups excluding carboxylic acids is 3. The van der Waals surface area contributed by atoms with Gasteiger partial charge >= 0.3 is 0 Å². The number of piperidine rings is 1. The molecule has 2 aromatic carbocycles. The Bertz CT molecular complexity index is 1890. The fraction of sp³-hybridized carbons (Fsp3) is 0.333. The highest BCUT2D eigenvalue weighted by molar-refractivity contribution is 6.00. The molecule has 1 aliphatic carbocycles. The van der Waals surface area contributed by atoms with Crippen LogP contribution in [0.4, 0.5) is 21.6 Å². The molecule has 1 saturated carbocycles. The molecule has 238 valence electrons. The number of rotatable bonds is 9. The standard InChI is InChI=1S/C33H35FN8O4/c1-35-32(44)29-25(18-28(38-39-29)37-31(43)21-9-10-21)36-26-16-22(34)15-23(30(26)46-3)24-17-27(41(2)40-24)33(45)42-13-11-20(12-14-42)19-7-5-4-6-8-19/h4-8,15-18,20-21H,9-14H2,1-3H3,(H,35,44)(H2,36,37,38,43)/i1D3. The molecule has 13 heteroatoms. The van der Waals surface area contributed by atoms with E-state index in [4.69, 9.17) is 8.85 Å². The zero-order valence-electron chi connectivity index (χ0n) is 28.3. The Morgan fingerprint density at radius 2 is 1.76 bits per heavy atom. The van der Waals surface area contributed by atoms with Crippen LogP contribution in [0.1, 0.15) is 62.3 Å². The second kappa shape index (κ2) is 13.0. The molecule has 0 unspecified atom stereocenters. The first-order valence-electron chi connectivity index (χ1n) is 16.4. The van der Waals surface area contributed by atoms with Gasteiger partial charge in [0.2, 0.25) is 5.91 Å². The summed E-state index contributed by atoms with van der Waals surface area (Å²) in [5, 5.41) is 19.7. The number of aromatic nitrogens is 4. The van der Waals surface area contributed by atoms with E-state index in [2.05, 4.69) is 38.1 Å². The SMILES string of the molecule is [2H]C([2H])([2H])NC(=O)c1nnc(NC(=O)C2CC2)cc1Nc1cc(F)cc(-c2cc(C(=O)N3CCC(c4ccccc4)CC3)n(C)n2)c1OC. The molecule has 0 atom stereocenters. The molecule has 0 bridgehead atoms. The van der Waals surface area contributed by atoms with Crippen LogP contribution in [0.25, 0.3) is 11.3 Å². The number of ether oxygens (including phenoxy) is 1. The topological polar surface area (TPSA) is 143 Å². The lowest BCUT2D eigenvalue weighted by Gasteiger charge is -2.32. The van der Waals surface area contributed by atoms with Gasteiger partial charge in [-0.25, -0.2) is 4.39 Å². The van der Waals surface area contributed by atoms with Crippen LogP contribution in [0, 0.1) is 11.7 Å². The molecule has 3 heterocycles. The average molecular weight is 630 g/mol. The van der Waals surface area contributed by atoms with Gasteiger partial charge in [-0.15, -0.1) is 10.2 Å². The summed E-state index contributed by atoms with van der Waals surface area (Å²) < 4.78 is 44.7. The molecular formula is C33H35FN8O4. The van der Waals surface area contributed by atoms with Gasteiger partial charge in [0.15, 0.2) is 17.3 Å². The Hall–Kier alpha value is -5.33. The summed E-state index contributed by atoms with van der Waals surface area (Å²) in [6, 6.07) is 15.4. The summed E-state index contributed by atoms with van der Waals surface area (Å²) in [7, 11) is 3.00. The van der Waals surface area contributed by atoms with E-state index in [1.807, 2.05) is 23.5 Å². The highest BCUT2D eigenvalue weighted by atomic mass is 19.1. The van der Waals surface area contributed by atoms with E-state index in [0.717, 1.165) is 31.7 Å². The molecule has 2 aliphatic rings. The number of aryl methyl sites for hydroxylation is 1. The van der Waals surface area contributed by atoms with Gasteiger partial charge in [-0.1, -0.05) is 30.3 Å². The summed E-state index contributed by atoms with van der Waals surface area (Å²) in [5.41, 5.74) is 1.58. The van der Waals surface area contributed by atoms with Crippen molar-refractivity contribution in [2.24, 2.45) is 13.0 Å². The number of methoxy groups -OCH3 is 1. The molecule has 12 nitrogen and oxygen atoms in total. The second-order valence-electron chi connectivity index (χ2n) is 11.4. The highest BCUT2D eigenvalue weighted by Crippen LogP contribution is 2.40.